The van der Waals surface area contributed by atoms with Crippen molar-refractivity contribution in [3.8, 4) is 0 Å². The number of rotatable bonds is 6. The van der Waals surface area contributed by atoms with E-state index in [4.69, 9.17) is 9.47 Å². The van der Waals surface area contributed by atoms with E-state index in [1.54, 1.807) is 0 Å². The third-order valence-corrected chi connectivity index (χ3v) is 3.98. The molecule has 1 aliphatic carbocycles. The van der Waals surface area contributed by atoms with E-state index < -0.39 is 17.4 Å². The Morgan fingerprint density at radius 2 is 1.91 bits per heavy atom. The van der Waals surface area contributed by atoms with Gasteiger partial charge in [0.05, 0.1) is 6.61 Å². The summed E-state index contributed by atoms with van der Waals surface area (Å²) in [5.41, 5.74) is -0.277. The predicted molar refractivity (Wildman–Crippen MR) is 78.8 cm³/mol. The van der Waals surface area contributed by atoms with Crippen LogP contribution in [0.1, 0.15) is 38.2 Å². The molecule has 5 nitrogen and oxygen atoms in total. The highest BCUT2D eigenvalue weighted by molar-refractivity contribution is 6.05. The molecule has 1 aromatic carbocycles. The number of esters is 2. The average molecular weight is 304 g/mol. The standard InChI is InChI=1S/C17H20O5/c1-13(18)21-11-10-17(9-5-8-15(17)19)16(20)22-12-14-6-3-2-4-7-14/h2-4,6-7H,5,8-12H2,1H3. The average Bonchev–Trinajstić information content (AvgIpc) is 2.88. The highest BCUT2D eigenvalue weighted by Crippen LogP contribution is 2.39. The highest BCUT2D eigenvalue weighted by Gasteiger charge is 2.49. The summed E-state index contributed by atoms with van der Waals surface area (Å²) in [4.78, 5) is 35.5. The SMILES string of the molecule is CC(=O)OCCC1(C(=O)OCc2ccccc2)CCCC1=O. The van der Waals surface area contributed by atoms with Gasteiger partial charge >= 0.3 is 11.9 Å². The lowest BCUT2D eigenvalue weighted by molar-refractivity contribution is -0.163. The molecule has 0 saturated heterocycles. The Labute approximate surface area is 129 Å². The van der Waals surface area contributed by atoms with E-state index in [0.29, 0.717) is 19.3 Å². The molecule has 0 aromatic heterocycles. The van der Waals surface area contributed by atoms with Crippen LogP contribution in [0.2, 0.25) is 0 Å². The van der Waals surface area contributed by atoms with Crippen molar-refractivity contribution in [2.75, 3.05) is 6.61 Å². The van der Waals surface area contributed by atoms with Gasteiger partial charge in [-0.2, -0.15) is 0 Å². The number of carbonyl (C=O) groups is 3. The van der Waals surface area contributed by atoms with Crippen LogP contribution in [-0.2, 0) is 30.5 Å². The molecule has 1 fully saturated rings. The van der Waals surface area contributed by atoms with E-state index >= 15 is 0 Å². The Morgan fingerprint density at radius 3 is 2.50 bits per heavy atom. The zero-order valence-electron chi connectivity index (χ0n) is 12.7. The summed E-state index contributed by atoms with van der Waals surface area (Å²) in [7, 11) is 0. The smallest absolute Gasteiger partial charge is 0.320 e. The maximum atomic E-state index is 12.4. The normalized spacial score (nSPS) is 20.7. The Hall–Kier alpha value is -2.17. The Bertz CT molecular complexity index is 551. The molecule has 0 amide bonds. The maximum Gasteiger partial charge on any atom is 0.320 e. The van der Waals surface area contributed by atoms with Gasteiger partial charge in [0.25, 0.3) is 0 Å². The molecule has 0 N–H and O–H groups in total. The third-order valence-electron chi connectivity index (χ3n) is 3.98. The summed E-state index contributed by atoms with van der Waals surface area (Å²) in [6, 6.07) is 9.32. The van der Waals surface area contributed by atoms with Crippen molar-refractivity contribution < 1.29 is 23.9 Å². The van der Waals surface area contributed by atoms with Gasteiger partial charge in [0.15, 0.2) is 0 Å². The number of ketones is 1. The number of Topliss-reactive ketones (excluding diaryl/α,β-unsaturated/α-hetero) is 1. The summed E-state index contributed by atoms with van der Waals surface area (Å²) in [6.45, 7) is 1.50. The second-order valence-electron chi connectivity index (χ2n) is 5.51. The minimum Gasteiger partial charge on any atom is -0.466 e. The van der Waals surface area contributed by atoms with Gasteiger partial charge in [0, 0.05) is 19.8 Å². The lowest BCUT2D eigenvalue weighted by Crippen LogP contribution is -2.38. The van der Waals surface area contributed by atoms with Crippen LogP contribution in [0.15, 0.2) is 30.3 Å². The van der Waals surface area contributed by atoms with Crippen molar-refractivity contribution in [3.05, 3.63) is 35.9 Å². The van der Waals surface area contributed by atoms with Crippen LogP contribution in [0.25, 0.3) is 0 Å². The highest BCUT2D eigenvalue weighted by atomic mass is 16.5. The molecule has 0 aliphatic heterocycles. The van der Waals surface area contributed by atoms with Gasteiger partial charge in [-0.15, -0.1) is 0 Å². The van der Waals surface area contributed by atoms with E-state index in [9.17, 15) is 14.4 Å². The molecule has 0 heterocycles. The van der Waals surface area contributed by atoms with Crippen molar-refractivity contribution in [1.29, 1.82) is 0 Å². The van der Waals surface area contributed by atoms with Gasteiger partial charge in [0.1, 0.15) is 17.8 Å². The van der Waals surface area contributed by atoms with Gasteiger partial charge < -0.3 is 9.47 Å². The van der Waals surface area contributed by atoms with E-state index in [1.807, 2.05) is 30.3 Å². The molecule has 2 rings (SSSR count). The Kier molecular flexibility index (Phi) is 5.31. The maximum absolute atomic E-state index is 12.4. The second kappa shape index (κ2) is 7.20. The van der Waals surface area contributed by atoms with Crippen LogP contribution in [0.3, 0.4) is 0 Å². The van der Waals surface area contributed by atoms with Crippen LogP contribution < -0.4 is 0 Å². The minimum absolute atomic E-state index is 0.0571. The van der Waals surface area contributed by atoms with Gasteiger partial charge in [-0.25, -0.2) is 0 Å². The molecule has 0 bridgehead atoms. The molecular weight excluding hydrogens is 284 g/mol. The van der Waals surface area contributed by atoms with E-state index in [-0.39, 0.29) is 25.4 Å². The molecule has 1 aliphatic rings. The Morgan fingerprint density at radius 1 is 1.18 bits per heavy atom. The van der Waals surface area contributed by atoms with Crippen LogP contribution in [0.4, 0.5) is 0 Å². The molecule has 5 heteroatoms. The topological polar surface area (TPSA) is 69.7 Å². The van der Waals surface area contributed by atoms with Crippen molar-refractivity contribution >= 4 is 17.7 Å². The first kappa shape index (κ1) is 16.2. The second-order valence-corrected chi connectivity index (χ2v) is 5.51. The summed E-state index contributed by atoms with van der Waals surface area (Å²) in [6.07, 6.45) is 1.69. The van der Waals surface area contributed by atoms with Crippen LogP contribution in [0, 0.1) is 5.41 Å². The zero-order valence-corrected chi connectivity index (χ0v) is 12.7. The number of carbonyl (C=O) groups excluding carboxylic acids is 3. The van der Waals surface area contributed by atoms with Crippen molar-refractivity contribution in [3.63, 3.8) is 0 Å². The zero-order chi connectivity index (χ0) is 16.0. The van der Waals surface area contributed by atoms with E-state index in [2.05, 4.69) is 0 Å². The summed E-state index contributed by atoms with van der Waals surface area (Å²) in [5, 5.41) is 0. The lowest BCUT2D eigenvalue weighted by Gasteiger charge is -2.24. The Balaban J connectivity index is 2.00. The quantitative estimate of drug-likeness (QED) is 0.596. The van der Waals surface area contributed by atoms with E-state index in [0.717, 1.165) is 5.56 Å². The van der Waals surface area contributed by atoms with Gasteiger partial charge in [0.2, 0.25) is 0 Å². The van der Waals surface area contributed by atoms with Crippen molar-refractivity contribution in [2.45, 2.75) is 39.2 Å². The molecule has 1 aromatic rings. The fourth-order valence-electron chi connectivity index (χ4n) is 2.74. The van der Waals surface area contributed by atoms with Crippen LogP contribution >= 0.6 is 0 Å². The molecule has 118 valence electrons. The monoisotopic (exact) mass is 304 g/mol. The predicted octanol–water partition coefficient (Wildman–Crippen LogP) is 2.42. The van der Waals surface area contributed by atoms with Crippen molar-refractivity contribution in [2.24, 2.45) is 5.41 Å². The molecule has 0 spiro atoms. The molecular formula is C17H20O5. The number of ether oxygens (including phenoxy) is 2. The molecule has 1 saturated carbocycles. The molecule has 0 radical (unpaired) electrons. The summed E-state index contributed by atoms with van der Waals surface area (Å²) < 4.78 is 10.2. The summed E-state index contributed by atoms with van der Waals surface area (Å²) >= 11 is 0. The third kappa shape index (κ3) is 3.72. The fraction of sp³-hybridized carbons (Fsp3) is 0.471. The van der Waals surface area contributed by atoms with Crippen molar-refractivity contribution in [1.82, 2.24) is 0 Å². The number of hydrogen-bond donors (Lipinski definition) is 0. The van der Waals surface area contributed by atoms with Gasteiger partial charge in [-0.3, -0.25) is 14.4 Å². The van der Waals surface area contributed by atoms with Gasteiger partial charge in [-0.05, 0) is 18.4 Å². The first-order valence-electron chi connectivity index (χ1n) is 7.42. The summed E-state index contributed by atoms with van der Waals surface area (Å²) in [5.74, 6) is -1.04. The van der Waals surface area contributed by atoms with Crippen LogP contribution in [0.5, 0.6) is 0 Å². The molecule has 1 unspecified atom stereocenters. The largest absolute Gasteiger partial charge is 0.466 e. The minimum atomic E-state index is -1.15. The van der Waals surface area contributed by atoms with Gasteiger partial charge in [-0.1, -0.05) is 30.3 Å². The van der Waals surface area contributed by atoms with Crippen LogP contribution in [-0.4, -0.2) is 24.3 Å². The fourth-order valence-corrected chi connectivity index (χ4v) is 2.74. The molecule has 1 atom stereocenters. The van der Waals surface area contributed by atoms with E-state index in [1.165, 1.54) is 6.92 Å². The number of benzene rings is 1. The first-order valence-corrected chi connectivity index (χ1v) is 7.42. The number of hydrogen-bond acceptors (Lipinski definition) is 5. The first-order chi connectivity index (χ1) is 10.5. The molecule has 22 heavy (non-hydrogen) atoms. The lowest BCUT2D eigenvalue weighted by atomic mass is 9.82.